The van der Waals surface area contributed by atoms with Crippen molar-refractivity contribution in [3.05, 3.63) is 29.3 Å². The Morgan fingerprint density at radius 2 is 2.21 bits per heavy atom. The van der Waals surface area contributed by atoms with E-state index in [4.69, 9.17) is 9.47 Å². The number of fused-ring (bicyclic) bond motifs is 1. The average molecular weight is 263 g/mol. The molecule has 1 N–H and O–H groups in total. The quantitative estimate of drug-likeness (QED) is 0.820. The molecule has 1 aliphatic rings. The lowest BCUT2D eigenvalue weighted by atomic mass is 9.89. The Bertz CT molecular complexity index is 415. The van der Waals surface area contributed by atoms with E-state index in [1.807, 2.05) is 0 Å². The van der Waals surface area contributed by atoms with Crippen LogP contribution in [0, 0.1) is 5.41 Å². The van der Waals surface area contributed by atoms with Gasteiger partial charge < -0.3 is 14.8 Å². The summed E-state index contributed by atoms with van der Waals surface area (Å²) in [4.78, 5) is 0. The summed E-state index contributed by atoms with van der Waals surface area (Å²) in [6.07, 6.45) is 2.12. The summed E-state index contributed by atoms with van der Waals surface area (Å²) >= 11 is 0. The van der Waals surface area contributed by atoms with Crippen molar-refractivity contribution in [2.45, 2.75) is 33.2 Å². The van der Waals surface area contributed by atoms with Gasteiger partial charge in [0.05, 0.1) is 6.61 Å². The zero-order valence-corrected chi connectivity index (χ0v) is 12.3. The maximum Gasteiger partial charge on any atom is 0.122 e. The van der Waals surface area contributed by atoms with Crippen molar-refractivity contribution in [3.63, 3.8) is 0 Å². The van der Waals surface area contributed by atoms with E-state index < -0.39 is 0 Å². The van der Waals surface area contributed by atoms with Gasteiger partial charge in [-0.25, -0.2) is 0 Å². The molecule has 1 aromatic carbocycles. The Balaban J connectivity index is 1.79. The minimum atomic E-state index is 0.274. The second kappa shape index (κ2) is 6.40. The van der Waals surface area contributed by atoms with Crippen LogP contribution in [0.3, 0.4) is 0 Å². The van der Waals surface area contributed by atoms with Gasteiger partial charge in [0.1, 0.15) is 5.75 Å². The van der Waals surface area contributed by atoms with Crippen molar-refractivity contribution in [2.75, 3.05) is 26.9 Å². The second-order valence-corrected chi connectivity index (χ2v) is 6.05. The van der Waals surface area contributed by atoms with Crippen molar-refractivity contribution < 1.29 is 9.47 Å². The van der Waals surface area contributed by atoms with Crippen LogP contribution in [0.1, 0.15) is 31.4 Å². The van der Waals surface area contributed by atoms with Gasteiger partial charge in [0.15, 0.2) is 0 Å². The summed E-state index contributed by atoms with van der Waals surface area (Å²) < 4.78 is 10.7. The molecule has 0 aliphatic carbocycles. The maximum atomic E-state index is 5.52. The third-order valence-corrected chi connectivity index (χ3v) is 3.67. The molecule has 0 amide bonds. The van der Waals surface area contributed by atoms with E-state index in [0.717, 1.165) is 44.9 Å². The molecule has 1 aromatic rings. The summed E-state index contributed by atoms with van der Waals surface area (Å²) in [6, 6.07) is 6.51. The maximum absolute atomic E-state index is 5.52. The van der Waals surface area contributed by atoms with Crippen LogP contribution < -0.4 is 10.1 Å². The van der Waals surface area contributed by atoms with Gasteiger partial charge in [0.2, 0.25) is 0 Å². The highest BCUT2D eigenvalue weighted by molar-refractivity contribution is 5.39. The van der Waals surface area contributed by atoms with Gasteiger partial charge in [-0.05, 0) is 29.0 Å². The molecule has 19 heavy (non-hydrogen) atoms. The molecule has 3 nitrogen and oxygen atoms in total. The molecule has 0 bridgehead atoms. The smallest absolute Gasteiger partial charge is 0.122 e. The molecule has 0 fully saturated rings. The fraction of sp³-hybridized carbons (Fsp3) is 0.625. The molecule has 0 unspecified atom stereocenters. The van der Waals surface area contributed by atoms with E-state index in [1.54, 1.807) is 7.11 Å². The molecule has 0 spiro atoms. The summed E-state index contributed by atoms with van der Waals surface area (Å²) in [6.45, 7) is 8.12. The summed E-state index contributed by atoms with van der Waals surface area (Å²) in [5, 5.41) is 3.55. The SMILES string of the molecule is COCCC(C)(C)CNCc1ccc2c(c1)CCO2. The van der Waals surface area contributed by atoms with Gasteiger partial charge >= 0.3 is 0 Å². The van der Waals surface area contributed by atoms with Crippen LogP contribution in [0.15, 0.2) is 18.2 Å². The van der Waals surface area contributed by atoms with E-state index in [0.29, 0.717) is 0 Å². The van der Waals surface area contributed by atoms with E-state index in [-0.39, 0.29) is 5.41 Å². The predicted octanol–water partition coefficient (Wildman–Crippen LogP) is 2.77. The highest BCUT2D eigenvalue weighted by Crippen LogP contribution is 2.26. The Kier molecular flexibility index (Phi) is 4.83. The normalized spacial score (nSPS) is 14.3. The standard InChI is InChI=1S/C16H25NO2/c1-16(2,7-9-18-3)12-17-11-13-4-5-15-14(10-13)6-8-19-15/h4-5,10,17H,6-9,11-12H2,1-3H3. The first-order valence-electron chi connectivity index (χ1n) is 7.05. The first-order valence-corrected chi connectivity index (χ1v) is 7.05. The predicted molar refractivity (Wildman–Crippen MR) is 77.6 cm³/mol. The summed E-state index contributed by atoms with van der Waals surface area (Å²) in [5.74, 6) is 1.06. The third kappa shape index (κ3) is 4.22. The number of rotatable bonds is 7. The second-order valence-electron chi connectivity index (χ2n) is 6.05. The van der Waals surface area contributed by atoms with Crippen molar-refractivity contribution >= 4 is 0 Å². The number of nitrogens with one attached hydrogen (secondary N) is 1. The van der Waals surface area contributed by atoms with Crippen LogP contribution in [0.4, 0.5) is 0 Å². The molecule has 0 aromatic heterocycles. The lowest BCUT2D eigenvalue weighted by molar-refractivity contribution is 0.150. The van der Waals surface area contributed by atoms with Crippen LogP contribution in [-0.2, 0) is 17.7 Å². The van der Waals surface area contributed by atoms with Crippen LogP contribution in [0.25, 0.3) is 0 Å². The van der Waals surface area contributed by atoms with Gasteiger partial charge in [-0.2, -0.15) is 0 Å². The fourth-order valence-corrected chi connectivity index (χ4v) is 2.36. The highest BCUT2D eigenvalue weighted by atomic mass is 16.5. The lowest BCUT2D eigenvalue weighted by Crippen LogP contribution is -2.30. The van der Waals surface area contributed by atoms with Gasteiger partial charge in [-0.1, -0.05) is 26.0 Å². The zero-order chi connectivity index (χ0) is 13.7. The molecule has 0 saturated heterocycles. The van der Waals surface area contributed by atoms with Crippen molar-refractivity contribution in [1.29, 1.82) is 0 Å². The van der Waals surface area contributed by atoms with Crippen molar-refractivity contribution in [1.82, 2.24) is 5.32 Å². The van der Waals surface area contributed by atoms with Crippen molar-refractivity contribution in [3.8, 4) is 5.75 Å². The van der Waals surface area contributed by atoms with E-state index >= 15 is 0 Å². The van der Waals surface area contributed by atoms with Gasteiger partial charge in [-0.15, -0.1) is 0 Å². The number of ether oxygens (including phenoxy) is 2. The molecular weight excluding hydrogens is 238 g/mol. The first kappa shape index (κ1) is 14.4. The molecule has 2 rings (SSSR count). The third-order valence-electron chi connectivity index (χ3n) is 3.67. The van der Waals surface area contributed by atoms with Crippen LogP contribution in [0.2, 0.25) is 0 Å². The fourth-order valence-electron chi connectivity index (χ4n) is 2.36. The Morgan fingerprint density at radius 1 is 1.37 bits per heavy atom. The van der Waals surface area contributed by atoms with Gasteiger partial charge in [0, 0.05) is 33.2 Å². The molecule has 1 heterocycles. The van der Waals surface area contributed by atoms with Crippen LogP contribution in [-0.4, -0.2) is 26.9 Å². The van der Waals surface area contributed by atoms with Crippen LogP contribution >= 0.6 is 0 Å². The highest BCUT2D eigenvalue weighted by Gasteiger charge is 2.17. The van der Waals surface area contributed by atoms with E-state index in [1.165, 1.54) is 11.1 Å². The molecule has 0 atom stereocenters. The Labute approximate surface area is 116 Å². The number of hydrogen-bond acceptors (Lipinski definition) is 3. The minimum Gasteiger partial charge on any atom is -0.493 e. The number of hydrogen-bond donors (Lipinski definition) is 1. The summed E-state index contributed by atoms with van der Waals surface area (Å²) in [5.41, 5.74) is 2.96. The zero-order valence-electron chi connectivity index (χ0n) is 12.3. The Morgan fingerprint density at radius 3 is 3.00 bits per heavy atom. The summed E-state index contributed by atoms with van der Waals surface area (Å²) in [7, 11) is 1.76. The number of methoxy groups -OCH3 is 1. The largest absolute Gasteiger partial charge is 0.493 e. The molecule has 1 aliphatic heterocycles. The first-order chi connectivity index (χ1) is 9.11. The van der Waals surface area contributed by atoms with Crippen LogP contribution in [0.5, 0.6) is 5.75 Å². The van der Waals surface area contributed by atoms with Gasteiger partial charge in [-0.3, -0.25) is 0 Å². The molecule has 0 radical (unpaired) electrons. The molecule has 0 saturated carbocycles. The minimum absolute atomic E-state index is 0.274. The van der Waals surface area contributed by atoms with Crippen molar-refractivity contribution in [2.24, 2.45) is 5.41 Å². The van der Waals surface area contributed by atoms with E-state index in [2.05, 4.69) is 37.4 Å². The molecule has 3 heteroatoms. The van der Waals surface area contributed by atoms with Gasteiger partial charge in [0.25, 0.3) is 0 Å². The number of benzene rings is 1. The van der Waals surface area contributed by atoms with E-state index in [9.17, 15) is 0 Å². The monoisotopic (exact) mass is 263 g/mol. The Hall–Kier alpha value is -1.06. The molecular formula is C16H25NO2. The molecule has 106 valence electrons. The average Bonchev–Trinajstić information content (AvgIpc) is 2.83. The lowest BCUT2D eigenvalue weighted by Gasteiger charge is -2.24. The topological polar surface area (TPSA) is 30.5 Å².